The second kappa shape index (κ2) is 7.96. The highest BCUT2D eigenvalue weighted by molar-refractivity contribution is 7.14. The van der Waals surface area contributed by atoms with Gasteiger partial charge in [-0.2, -0.15) is 0 Å². The largest absolute Gasteiger partial charge is 0.454 e. The van der Waals surface area contributed by atoms with Crippen molar-refractivity contribution in [1.29, 1.82) is 0 Å². The Balaban J connectivity index is 1.52. The Hall–Kier alpha value is -2.27. The number of carbonyl (C=O) groups excluding carboxylic acids is 3. The lowest BCUT2D eigenvalue weighted by Crippen LogP contribution is -2.24. The van der Waals surface area contributed by atoms with Gasteiger partial charge >= 0.3 is 5.97 Å². The van der Waals surface area contributed by atoms with E-state index in [-0.39, 0.29) is 24.4 Å². The number of fused-ring (bicyclic) bond motifs is 1. The van der Waals surface area contributed by atoms with Crippen LogP contribution < -0.4 is 0 Å². The van der Waals surface area contributed by atoms with Crippen LogP contribution in [0.3, 0.4) is 0 Å². The first kappa shape index (κ1) is 18.5. The molecule has 1 aliphatic carbocycles. The zero-order chi connectivity index (χ0) is 18.7. The van der Waals surface area contributed by atoms with Crippen molar-refractivity contribution in [1.82, 2.24) is 0 Å². The molecule has 136 valence electrons. The van der Waals surface area contributed by atoms with E-state index in [0.717, 1.165) is 24.1 Å². The van der Waals surface area contributed by atoms with E-state index in [2.05, 4.69) is 0 Å². The summed E-state index contributed by atoms with van der Waals surface area (Å²) in [4.78, 5) is 38.3. The van der Waals surface area contributed by atoms with Gasteiger partial charge in [0.05, 0.1) is 11.3 Å². The third kappa shape index (κ3) is 4.28. The molecule has 0 saturated heterocycles. The number of ketones is 2. The third-order valence-electron chi connectivity index (χ3n) is 4.63. The van der Waals surface area contributed by atoms with Gasteiger partial charge in [0.15, 0.2) is 11.9 Å². The number of carbonyl (C=O) groups is 3. The highest BCUT2D eigenvalue weighted by Gasteiger charge is 2.22. The van der Waals surface area contributed by atoms with E-state index in [9.17, 15) is 14.4 Å². The van der Waals surface area contributed by atoms with Crippen molar-refractivity contribution in [2.45, 2.75) is 52.1 Å². The monoisotopic (exact) mass is 370 g/mol. The topological polar surface area (TPSA) is 60.4 Å². The Kier molecular flexibility index (Phi) is 5.67. The van der Waals surface area contributed by atoms with Crippen LogP contribution in [0, 0.1) is 6.92 Å². The molecule has 0 aliphatic heterocycles. The molecule has 0 saturated carbocycles. The molecule has 0 amide bonds. The molecule has 5 heteroatoms. The van der Waals surface area contributed by atoms with E-state index in [0.29, 0.717) is 10.4 Å². The zero-order valence-corrected chi connectivity index (χ0v) is 15.9. The number of hydrogen-bond acceptors (Lipinski definition) is 5. The molecule has 0 fully saturated rings. The molecule has 0 radical (unpaired) electrons. The molecule has 1 atom stereocenters. The molecule has 26 heavy (non-hydrogen) atoms. The van der Waals surface area contributed by atoms with Crippen molar-refractivity contribution in [3.05, 3.63) is 56.8 Å². The highest BCUT2D eigenvalue weighted by atomic mass is 32.1. The molecule has 3 rings (SSSR count). The lowest BCUT2D eigenvalue weighted by atomic mass is 10.0. The van der Waals surface area contributed by atoms with Crippen molar-refractivity contribution < 1.29 is 19.1 Å². The number of esters is 1. The maximum Gasteiger partial charge on any atom is 0.306 e. The minimum Gasteiger partial charge on any atom is -0.454 e. The standard InChI is InChI=1S/C21H22O4S/c1-13-6-10-19(26-13)18(22)9-11-20(23)25-14(2)21(24)17-8-7-15-4-3-5-16(15)12-17/h6-8,10,12,14H,3-5,9,11H2,1-2H3/t14-/m0/s1. The van der Waals surface area contributed by atoms with E-state index in [1.54, 1.807) is 19.1 Å². The fourth-order valence-corrected chi connectivity index (χ4v) is 4.03. The van der Waals surface area contributed by atoms with Gasteiger partial charge < -0.3 is 4.74 Å². The summed E-state index contributed by atoms with van der Waals surface area (Å²) >= 11 is 1.42. The molecular formula is C21H22O4S. The van der Waals surface area contributed by atoms with E-state index < -0.39 is 12.1 Å². The molecule has 2 aromatic rings. The van der Waals surface area contributed by atoms with Gasteiger partial charge in [0, 0.05) is 16.9 Å². The van der Waals surface area contributed by atoms with Crippen molar-refractivity contribution in [3.63, 3.8) is 0 Å². The molecule has 0 spiro atoms. The van der Waals surface area contributed by atoms with E-state index in [4.69, 9.17) is 4.74 Å². The van der Waals surface area contributed by atoms with Gasteiger partial charge in [-0.1, -0.05) is 12.1 Å². The summed E-state index contributed by atoms with van der Waals surface area (Å²) < 4.78 is 5.24. The van der Waals surface area contributed by atoms with Crippen molar-refractivity contribution in [2.24, 2.45) is 0 Å². The van der Waals surface area contributed by atoms with Crippen LogP contribution in [0.25, 0.3) is 0 Å². The Labute approximate surface area is 157 Å². The average Bonchev–Trinajstić information content (AvgIpc) is 3.26. The fourth-order valence-electron chi connectivity index (χ4n) is 3.19. The lowest BCUT2D eigenvalue weighted by molar-refractivity contribution is -0.146. The minimum absolute atomic E-state index is 0.0163. The number of rotatable bonds is 7. The average molecular weight is 370 g/mol. The predicted octanol–water partition coefficient (Wildman–Crippen LogP) is 4.32. The number of thiophene rings is 1. The van der Waals surface area contributed by atoms with Crippen LogP contribution in [0.1, 0.15) is 62.2 Å². The number of Topliss-reactive ketones (excluding diaryl/α,β-unsaturated/α-hetero) is 2. The Morgan fingerprint density at radius 3 is 2.58 bits per heavy atom. The van der Waals surface area contributed by atoms with Crippen LogP contribution in [0.5, 0.6) is 0 Å². The molecule has 1 aromatic heterocycles. The maximum absolute atomic E-state index is 12.5. The fraction of sp³-hybridized carbons (Fsp3) is 0.381. The normalized spacial score (nSPS) is 13.9. The summed E-state index contributed by atoms with van der Waals surface area (Å²) in [6, 6.07) is 9.37. The highest BCUT2D eigenvalue weighted by Crippen LogP contribution is 2.24. The van der Waals surface area contributed by atoms with Crippen molar-refractivity contribution in [3.8, 4) is 0 Å². The first-order valence-electron chi connectivity index (χ1n) is 8.89. The molecule has 1 aromatic carbocycles. The molecule has 0 unspecified atom stereocenters. The first-order chi connectivity index (χ1) is 12.4. The van der Waals surface area contributed by atoms with Gasteiger partial charge in [-0.15, -0.1) is 11.3 Å². The summed E-state index contributed by atoms with van der Waals surface area (Å²) in [5.41, 5.74) is 3.09. The van der Waals surface area contributed by atoms with E-state index in [1.165, 1.54) is 22.5 Å². The van der Waals surface area contributed by atoms with E-state index in [1.807, 2.05) is 25.1 Å². The number of aryl methyl sites for hydroxylation is 3. The van der Waals surface area contributed by atoms with Gasteiger partial charge in [-0.3, -0.25) is 14.4 Å². The minimum atomic E-state index is -0.846. The van der Waals surface area contributed by atoms with Crippen LogP contribution in [0.4, 0.5) is 0 Å². The quantitative estimate of drug-likeness (QED) is 0.538. The van der Waals surface area contributed by atoms with Gasteiger partial charge in [0.1, 0.15) is 0 Å². The van der Waals surface area contributed by atoms with Gasteiger partial charge in [-0.05, 0) is 62.4 Å². The summed E-state index contributed by atoms with van der Waals surface area (Å²) in [6.45, 7) is 3.51. The number of benzene rings is 1. The van der Waals surface area contributed by atoms with Gasteiger partial charge in [0.2, 0.25) is 5.78 Å². The molecule has 1 aliphatic rings. The van der Waals surface area contributed by atoms with Crippen molar-refractivity contribution in [2.75, 3.05) is 0 Å². The molecule has 4 nitrogen and oxygen atoms in total. The molecule has 1 heterocycles. The predicted molar refractivity (Wildman–Crippen MR) is 101 cm³/mol. The number of ether oxygens (including phenoxy) is 1. The maximum atomic E-state index is 12.5. The molecular weight excluding hydrogens is 348 g/mol. The van der Waals surface area contributed by atoms with Crippen LogP contribution >= 0.6 is 11.3 Å². The number of hydrogen-bond donors (Lipinski definition) is 0. The van der Waals surface area contributed by atoms with Crippen LogP contribution in [0.15, 0.2) is 30.3 Å². The summed E-state index contributed by atoms with van der Waals surface area (Å²) in [5.74, 6) is -0.792. The Bertz CT molecular complexity index is 849. The summed E-state index contributed by atoms with van der Waals surface area (Å²) in [6.07, 6.45) is 2.41. The van der Waals surface area contributed by atoms with Crippen molar-refractivity contribution >= 4 is 28.9 Å². The van der Waals surface area contributed by atoms with Crippen LogP contribution in [-0.2, 0) is 22.4 Å². The molecule has 0 N–H and O–H groups in total. The Morgan fingerprint density at radius 1 is 1.08 bits per heavy atom. The summed E-state index contributed by atoms with van der Waals surface area (Å²) in [7, 11) is 0. The SMILES string of the molecule is Cc1ccc(C(=O)CCC(=O)O[C@@H](C)C(=O)c2ccc3c(c2)CCC3)s1. The second-order valence-electron chi connectivity index (χ2n) is 6.67. The smallest absolute Gasteiger partial charge is 0.306 e. The molecule has 0 bridgehead atoms. The van der Waals surface area contributed by atoms with Gasteiger partial charge in [0.25, 0.3) is 0 Å². The third-order valence-corrected chi connectivity index (χ3v) is 5.67. The first-order valence-corrected chi connectivity index (χ1v) is 9.71. The van der Waals surface area contributed by atoms with E-state index >= 15 is 0 Å². The zero-order valence-electron chi connectivity index (χ0n) is 15.0. The van der Waals surface area contributed by atoms with Crippen LogP contribution in [0.2, 0.25) is 0 Å². The lowest BCUT2D eigenvalue weighted by Gasteiger charge is -2.13. The Morgan fingerprint density at radius 2 is 1.85 bits per heavy atom. The van der Waals surface area contributed by atoms with Gasteiger partial charge in [-0.25, -0.2) is 0 Å². The van der Waals surface area contributed by atoms with Crippen LogP contribution in [-0.4, -0.2) is 23.6 Å². The second-order valence-corrected chi connectivity index (χ2v) is 7.95. The summed E-state index contributed by atoms with van der Waals surface area (Å²) in [5, 5.41) is 0.